The fraction of sp³-hybridized carbons (Fsp3) is 0.393. The zero-order valence-corrected chi connectivity index (χ0v) is 20.2. The van der Waals surface area contributed by atoms with Gasteiger partial charge in [-0.3, -0.25) is 4.79 Å². The molecule has 0 aliphatic heterocycles. The molecular weight excluding hydrogens is 414 g/mol. The lowest BCUT2D eigenvalue weighted by molar-refractivity contribution is -0.116. The number of fused-ring (bicyclic) bond motifs is 1. The molecule has 5 heteroatoms. The first-order valence-corrected chi connectivity index (χ1v) is 11.9. The van der Waals surface area contributed by atoms with E-state index in [2.05, 4.69) is 18.3 Å². The van der Waals surface area contributed by atoms with Crippen LogP contribution in [0.15, 0.2) is 53.2 Å². The number of ether oxygens (including phenoxy) is 2. The first kappa shape index (κ1) is 24.4. The van der Waals surface area contributed by atoms with Crippen molar-refractivity contribution in [1.29, 1.82) is 0 Å². The highest BCUT2D eigenvalue weighted by molar-refractivity contribution is 6.00. The second-order valence-electron chi connectivity index (χ2n) is 8.06. The summed E-state index contributed by atoms with van der Waals surface area (Å²) in [5.41, 5.74) is 4.52. The molecule has 0 saturated carbocycles. The Labute approximate surface area is 196 Å². The number of furan rings is 1. The van der Waals surface area contributed by atoms with Crippen molar-refractivity contribution in [1.82, 2.24) is 5.32 Å². The number of carbonyl (C=O) groups is 1. The molecule has 33 heavy (non-hydrogen) atoms. The number of carbonyl (C=O) groups excluding carboxylic acids is 1. The summed E-state index contributed by atoms with van der Waals surface area (Å²) in [5, 5.41) is 3.97. The fourth-order valence-corrected chi connectivity index (χ4v) is 3.85. The highest BCUT2D eigenvalue weighted by Crippen LogP contribution is 2.37. The number of hydrogen-bond donors (Lipinski definition) is 1. The summed E-state index contributed by atoms with van der Waals surface area (Å²) in [6, 6.07) is 11.9. The molecule has 176 valence electrons. The predicted molar refractivity (Wildman–Crippen MR) is 135 cm³/mol. The van der Waals surface area contributed by atoms with E-state index in [0.29, 0.717) is 25.5 Å². The summed E-state index contributed by atoms with van der Waals surface area (Å²) in [4.78, 5) is 12.5. The van der Waals surface area contributed by atoms with E-state index in [9.17, 15) is 4.79 Å². The first-order chi connectivity index (χ1) is 16.1. The summed E-state index contributed by atoms with van der Waals surface area (Å²) < 4.78 is 17.3. The number of nitrogens with one attached hydrogen (secondary N) is 1. The Morgan fingerprint density at radius 1 is 1.00 bits per heavy atom. The van der Waals surface area contributed by atoms with E-state index >= 15 is 0 Å². The molecule has 0 spiro atoms. The Hall–Kier alpha value is -3.21. The minimum Gasteiger partial charge on any atom is -0.494 e. The van der Waals surface area contributed by atoms with Crippen LogP contribution in [0.25, 0.3) is 27.7 Å². The van der Waals surface area contributed by atoms with Crippen molar-refractivity contribution >= 4 is 22.4 Å². The molecule has 0 unspecified atom stereocenters. The second kappa shape index (κ2) is 12.1. The molecule has 0 aliphatic rings. The molecule has 0 radical (unpaired) electrons. The van der Waals surface area contributed by atoms with Crippen molar-refractivity contribution < 1.29 is 18.7 Å². The minimum absolute atomic E-state index is 0.0783. The van der Waals surface area contributed by atoms with Gasteiger partial charge in [0.2, 0.25) is 5.91 Å². The quantitative estimate of drug-likeness (QED) is 0.239. The van der Waals surface area contributed by atoms with E-state index in [1.807, 2.05) is 51.1 Å². The Kier molecular flexibility index (Phi) is 8.99. The highest BCUT2D eigenvalue weighted by Gasteiger charge is 2.15. The van der Waals surface area contributed by atoms with Crippen molar-refractivity contribution in [3.63, 3.8) is 0 Å². The number of amides is 1. The maximum absolute atomic E-state index is 12.5. The average Bonchev–Trinajstić information content (AvgIpc) is 3.22. The molecular formula is C28H35NO4. The maximum atomic E-state index is 12.5. The SMILES string of the molecule is CCCCCCNC(=O)/C=C(\C)c1cc2c(-c3ccc(OCC)cc3)coc2cc1OCC. The fourth-order valence-electron chi connectivity index (χ4n) is 3.85. The van der Waals surface area contributed by atoms with Crippen LogP contribution in [0.5, 0.6) is 11.5 Å². The van der Waals surface area contributed by atoms with Crippen LogP contribution in [0.4, 0.5) is 0 Å². The lowest BCUT2D eigenvalue weighted by Crippen LogP contribution is -2.22. The number of hydrogen-bond acceptors (Lipinski definition) is 4. The molecule has 3 rings (SSSR count). The van der Waals surface area contributed by atoms with Gasteiger partial charge in [0, 0.05) is 35.2 Å². The molecule has 1 heterocycles. The van der Waals surface area contributed by atoms with Crippen LogP contribution in [0.2, 0.25) is 0 Å². The standard InChI is InChI=1S/C28H35NO4/c1-5-8-9-10-15-29-28(30)16-20(4)23-17-24-25(19-33-27(24)18-26(23)32-7-3)21-11-13-22(14-12-21)31-6-2/h11-14,16-19H,5-10,15H2,1-4H3,(H,29,30)/b20-16+. The van der Waals surface area contributed by atoms with Crippen LogP contribution in [0, 0.1) is 0 Å². The summed E-state index contributed by atoms with van der Waals surface area (Å²) in [6.45, 7) is 9.90. The number of unbranched alkanes of at least 4 members (excludes halogenated alkanes) is 3. The third-order valence-electron chi connectivity index (χ3n) is 5.55. The highest BCUT2D eigenvalue weighted by atomic mass is 16.5. The minimum atomic E-state index is -0.0783. The smallest absolute Gasteiger partial charge is 0.244 e. The van der Waals surface area contributed by atoms with E-state index in [0.717, 1.165) is 51.8 Å². The first-order valence-electron chi connectivity index (χ1n) is 11.9. The van der Waals surface area contributed by atoms with Crippen LogP contribution < -0.4 is 14.8 Å². The van der Waals surface area contributed by atoms with Gasteiger partial charge in [0.15, 0.2) is 0 Å². The van der Waals surface area contributed by atoms with E-state index in [-0.39, 0.29) is 5.91 Å². The Morgan fingerprint density at radius 3 is 2.45 bits per heavy atom. The van der Waals surface area contributed by atoms with Gasteiger partial charge < -0.3 is 19.2 Å². The third-order valence-corrected chi connectivity index (χ3v) is 5.55. The van der Waals surface area contributed by atoms with Crippen molar-refractivity contribution in [2.45, 2.75) is 53.4 Å². The van der Waals surface area contributed by atoms with Gasteiger partial charge in [-0.25, -0.2) is 0 Å². The average molecular weight is 450 g/mol. The molecule has 0 aliphatic carbocycles. The van der Waals surface area contributed by atoms with Crippen LogP contribution >= 0.6 is 0 Å². The normalized spacial score (nSPS) is 11.6. The van der Waals surface area contributed by atoms with Crippen LogP contribution in [-0.4, -0.2) is 25.7 Å². The number of rotatable bonds is 12. The summed E-state index contributed by atoms with van der Waals surface area (Å²) in [7, 11) is 0. The van der Waals surface area contributed by atoms with Crippen molar-refractivity contribution in [3.05, 3.63) is 54.3 Å². The van der Waals surface area contributed by atoms with Gasteiger partial charge in [-0.15, -0.1) is 0 Å². The van der Waals surface area contributed by atoms with Crippen LogP contribution in [0.1, 0.15) is 58.9 Å². The van der Waals surface area contributed by atoms with Gasteiger partial charge in [0.05, 0.1) is 19.5 Å². The van der Waals surface area contributed by atoms with Gasteiger partial charge in [-0.1, -0.05) is 38.3 Å². The molecule has 0 fully saturated rings. The van der Waals surface area contributed by atoms with Crippen LogP contribution in [-0.2, 0) is 4.79 Å². The molecule has 3 aromatic rings. The van der Waals surface area contributed by atoms with E-state index in [4.69, 9.17) is 13.9 Å². The summed E-state index contributed by atoms with van der Waals surface area (Å²) in [6.07, 6.45) is 7.94. The second-order valence-corrected chi connectivity index (χ2v) is 8.06. The lowest BCUT2D eigenvalue weighted by atomic mass is 9.99. The Balaban J connectivity index is 1.89. The summed E-state index contributed by atoms with van der Waals surface area (Å²) >= 11 is 0. The molecule has 0 atom stereocenters. The van der Waals surface area contributed by atoms with E-state index in [1.54, 1.807) is 12.3 Å². The van der Waals surface area contributed by atoms with Crippen LogP contribution in [0.3, 0.4) is 0 Å². The van der Waals surface area contributed by atoms with Crippen molar-refractivity contribution in [3.8, 4) is 22.6 Å². The largest absolute Gasteiger partial charge is 0.494 e. The maximum Gasteiger partial charge on any atom is 0.244 e. The molecule has 5 nitrogen and oxygen atoms in total. The van der Waals surface area contributed by atoms with Gasteiger partial charge in [-0.2, -0.15) is 0 Å². The van der Waals surface area contributed by atoms with Gasteiger partial charge >= 0.3 is 0 Å². The van der Waals surface area contributed by atoms with Crippen molar-refractivity contribution in [2.24, 2.45) is 0 Å². The third kappa shape index (κ3) is 6.41. The molecule has 1 amide bonds. The molecule has 0 saturated heterocycles. The topological polar surface area (TPSA) is 60.7 Å². The van der Waals surface area contributed by atoms with Gasteiger partial charge in [0.1, 0.15) is 17.1 Å². The summed E-state index contributed by atoms with van der Waals surface area (Å²) in [5.74, 6) is 1.47. The Morgan fingerprint density at radius 2 is 1.76 bits per heavy atom. The zero-order chi connectivity index (χ0) is 23.6. The Bertz CT molecular complexity index is 1080. The molecule has 1 aromatic heterocycles. The predicted octanol–water partition coefficient (Wildman–Crippen LogP) is 7.00. The van der Waals surface area contributed by atoms with Crippen molar-refractivity contribution in [2.75, 3.05) is 19.8 Å². The molecule has 1 N–H and O–H groups in total. The lowest BCUT2D eigenvalue weighted by Gasteiger charge is -2.12. The van der Waals surface area contributed by atoms with Gasteiger partial charge in [0.25, 0.3) is 0 Å². The monoisotopic (exact) mass is 449 g/mol. The van der Waals surface area contributed by atoms with E-state index in [1.165, 1.54) is 12.8 Å². The van der Waals surface area contributed by atoms with E-state index < -0.39 is 0 Å². The number of allylic oxidation sites excluding steroid dienone is 1. The van der Waals surface area contributed by atoms with Gasteiger partial charge in [-0.05, 0) is 56.5 Å². The molecule has 2 aromatic carbocycles. The number of benzene rings is 2. The zero-order valence-electron chi connectivity index (χ0n) is 20.2. The molecule has 0 bridgehead atoms.